The van der Waals surface area contributed by atoms with Crippen LogP contribution in [0.25, 0.3) is 0 Å². The number of aromatic amines is 1. The van der Waals surface area contributed by atoms with Crippen LogP contribution in [0.3, 0.4) is 0 Å². The SMILES string of the molecule is CCCCOCCCNc1nc(=S)[nH]nc1C. The highest BCUT2D eigenvalue weighted by atomic mass is 32.1. The molecule has 1 aromatic rings. The Bertz CT molecular complexity index is 380. The van der Waals surface area contributed by atoms with Crippen molar-refractivity contribution in [3.63, 3.8) is 0 Å². The highest BCUT2D eigenvalue weighted by molar-refractivity contribution is 7.71. The van der Waals surface area contributed by atoms with Crippen LogP contribution in [0.5, 0.6) is 0 Å². The normalized spacial score (nSPS) is 10.5. The number of aromatic nitrogens is 3. The summed E-state index contributed by atoms with van der Waals surface area (Å²) in [6.45, 7) is 6.50. The van der Waals surface area contributed by atoms with Crippen LogP contribution in [0.2, 0.25) is 0 Å². The molecule has 0 unspecified atom stereocenters. The maximum Gasteiger partial charge on any atom is 0.215 e. The van der Waals surface area contributed by atoms with E-state index in [2.05, 4.69) is 27.4 Å². The lowest BCUT2D eigenvalue weighted by atomic mass is 10.3. The van der Waals surface area contributed by atoms with Crippen LogP contribution in [0.15, 0.2) is 0 Å². The van der Waals surface area contributed by atoms with Gasteiger partial charge in [0.2, 0.25) is 4.77 Å². The molecule has 0 aliphatic heterocycles. The van der Waals surface area contributed by atoms with Gasteiger partial charge in [-0.05, 0) is 32.0 Å². The van der Waals surface area contributed by atoms with Crippen molar-refractivity contribution in [2.75, 3.05) is 25.1 Å². The van der Waals surface area contributed by atoms with Gasteiger partial charge in [-0.15, -0.1) is 0 Å². The molecule has 96 valence electrons. The van der Waals surface area contributed by atoms with E-state index in [0.29, 0.717) is 4.77 Å². The Hall–Kier alpha value is -1.01. The maximum atomic E-state index is 5.46. The molecule has 0 bridgehead atoms. The number of hydrogen-bond acceptors (Lipinski definition) is 5. The van der Waals surface area contributed by atoms with Crippen LogP contribution < -0.4 is 5.32 Å². The third-order valence-electron chi connectivity index (χ3n) is 2.28. The minimum absolute atomic E-state index is 0.400. The van der Waals surface area contributed by atoms with Gasteiger partial charge >= 0.3 is 0 Å². The van der Waals surface area contributed by atoms with Crippen LogP contribution in [-0.4, -0.2) is 34.9 Å². The molecule has 0 spiro atoms. The standard InChI is InChI=1S/C11H20N4OS/c1-3-4-7-16-8-5-6-12-10-9(2)14-15-11(17)13-10/h3-8H2,1-2H3,(H2,12,13,15,17). The first kappa shape index (κ1) is 14.1. The summed E-state index contributed by atoms with van der Waals surface area (Å²) in [5.74, 6) is 0.752. The second kappa shape index (κ2) is 8.14. The average Bonchev–Trinajstić information content (AvgIpc) is 2.32. The van der Waals surface area contributed by atoms with Gasteiger partial charge in [-0.25, -0.2) is 0 Å². The van der Waals surface area contributed by atoms with Crippen LogP contribution >= 0.6 is 12.2 Å². The molecule has 0 saturated heterocycles. The van der Waals surface area contributed by atoms with E-state index in [9.17, 15) is 0 Å². The second-order valence-corrected chi connectivity index (χ2v) is 4.21. The van der Waals surface area contributed by atoms with Gasteiger partial charge in [-0.3, -0.25) is 5.10 Å². The van der Waals surface area contributed by atoms with Gasteiger partial charge < -0.3 is 10.1 Å². The van der Waals surface area contributed by atoms with Crippen LogP contribution in [0.4, 0.5) is 5.82 Å². The molecule has 0 amide bonds. The van der Waals surface area contributed by atoms with E-state index in [1.807, 2.05) is 6.92 Å². The maximum absolute atomic E-state index is 5.46. The fourth-order valence-electron chi connectivity index (χ4n) is 1.29. The van der Waals surface area contributed by atoms with Crippen molar-refractivity contribution in [3.05, 3.63) is 10.5 Å². The Morgan fingerprint density at radius 1 is 1.35 bits per heavy atom. The Morgan fingerprint density at radius 3 is 2.88 bits per heavy atom. The number of rotatable bonds is 8. The zero-order valence-electron chi connectivity index (χ0n) is 10.5. The summed E-state index contributed by atoms with van der Waals surface area (Å²) in [6.07, 6.45) is 3.26. The average molecular weight is 256 g/mol. The summed E-state index contributed by atoms with van der Waals surface area (Å²) in [5.41, 5.74) is 0.825. The highest BCUT2D eigenvalue weighted by Gasteiger charge is 1.99. The van der Waals surface area contributed by atoms with Crippen molar-refractivity contribution in [2.45, 2.75) is 33.1 Å². The van der Waals surface area contributed by atoms with Crippen molar-refractivity contribution in [3.8, 4) is 0 Å². The number of unbranched alkanes of at least 4 members (excludes halogenated alkanes) is 1. The van der Waals surface area contributed by atoms with E-state index in [0.717, 1.165) is 44.1 Å². The van der Waals surface area contributed by atoms with Gasteiger partial charge in [0.25, 0.3) is 0 Å². The molecular weight excluding hydrogens is 236 g/mol. The Morgan fingerprint density at radius 2 is 2.12 bits per heavy atom. The van der Waals surface area contributed by atoms with E-state index in [1.165, 1.54) is 6.42 Å². The minimum atomic E-state index is 0.400. The van der Waals surface area contributed by atoms with E-state index >= 15 is 0 Å². The van der Waals surface area contributed by atoms with Gasteiger partial charge in [-0.1, -0.05) is 13.3 Å². The summed E-state index contributed by atoms with van der Waals surface area (Å²) < 4.78 is 5.86. The van der Waals surface area contributed by atoms with Crippen molar-refractivity contribution in [1.82, 2.24) is 15.2 Å². The van der Waals surface area contributed by atoms with Crippen molar-refractivity contribution in [2.24, 2.45) is 0 Å². The lowest BCUT2D eigenvalue weighted by molar-refractivity contribution is 0.131. The van der Waals surface area contributed by atoms with Crippen molar-refractivity contribution in [1.29, 1.82) is 0 Å². The zero-order valence-corrected chi connectivity index (χ0v) is 11.3. The molecule has 6 heteroatoms. The minimum Gasteiger partial charge on any atom is -0.381 e. The fraction of sp³-hybridized carbons (Fsp3) is 0.727. The van der Waals surface area contributed by atoms with E-state index in [-0.39, 0.29) is 0 Å². The summed E-state index contributed by atoms with van der Waals surface area (Å²) in [6, 6.07) is 0. The molecule has 0 fully saturated rings. The predicted octanol–water partition coefficient (Wildman–Crippen LogP) is 2.46. The first-order valence-corrected chi connectivity index (χ1v) is 6.39. The quantitative estimate of drug-likeness (QED) is 0.552. The molecule has 1 heterocycles. The third kappa shape index (κ3) is 5.74. The smallest absolute Gasteiger partial charge is 0.215 e. The van der Waals surface area contributed by atoms with Crippen LogP contribution in [0, 0.1) is 11.7 Å². The number of nitrogens with zero attached hydrogens (tertiary/aromatic N) is 2. The monoisotopic (exact) mass is 256 g/mol. The fourth-order valence-corrected chi connectivity index (χ4v) is 1.43. The number of hydrogen-bond donors (Lipinski definition) is 2. The summed E-state index contributed by atoms with van der Waals surface area (Å²) >= 11 is 4.91. The first-order valence-electron chi connectivity index (χ1n) is 5.99. The van der Waals surface area contributed by atoms with Gasteiger partial charge in [0.05, 0.1) is 5.69 Å². The molecule has 2 N–H and O–H groups in total. The molecule has 1 rings (SSSR count). The van der Waals surface area contributed by atoms with Gasteiger partial charge in [0.1, 0.15) is 0 Å². The van der Waals surface area contributed by atoms with Crippen molar-refractivity contribution < 1.29 is 4.74 Å². The summed E-state index contributed by atoms with van der Waals surface area (Å²) in [4.78, 5) is 4.16. The highest BCUT2D eigenvalue weighted by Crippen LogP contribution is 2.05. The van der Waals surface area contributed by atoms with E-state index in [4.69, 9.17) is 17.0 Å². The van der Waals surface area contributed by atoms with E-state index in [1.54, 1.807) is 0 Å². The van der Waals surface area contributed by atoms with Crippen molar-refractivity contribution >= 4 is 18.0 Å². The Labute approximate surface area is 107 Å². The lowest BCUT2D eigenvalue weighted by Crippen LogP contribution is -2.10. The number of ether oxygens (including phenoxy) is 1. The van der Waals surface area contributed by atoms with E-state index < -0.39 is 0 Å². The largest absolute Gasteiger partial charge is 0.381 e. The van der Waals surface area contributed by atoms with Gasteiger partial charge in [0.15, 0.2) is 5.82 Å². The Balaban J connectivity index is 2.18. The number of anilines is 1. The van der Waals surface area contributed by atoms with Gasteiger partial charge in [-0.2, -0.15) is 10.1 Å². The molecule has 5 nitrogen and oxygen atoms in total. The van der Waals surface area contributed by atoms with Gasteiger partial charge in [0, 0.05) is 19.8 Å². The molecule has 17 heavy (non-hydrogen) atoms. The molecule has 0 saturated carbocycles. The zero-order chi connectivity index (χ0) is 12.5. The molecule has 0 aromatic carbocycles. The van der Waals surface area contributed by atoms with Crippen LogP contribution in [-0.2, 0) is 4.74 Å². The number of nitrogens with one attached hydrogen (secondary N) is 2. The molecule has 0 aliphatic carbocycles. The topological polar surface area (TPSA) is 62.8 Å². The third-order valence-corrected chi connectivity index (χ3v) is 2.46. The molecule has 0 radical (unpaired) electrons. The molecule has 1 aromatic heterocycles. The molecule has 0 atom stereocenters. The predicted molar refractivity (Wildman–Crippen MR) is 70.8 cm³/mol. The summed E-state index contributed by atoms with van der Waals surface area (Å²) in [5, 5.41) is 9.89. The van der Waals surface area contributed by atoms with Crippen LogP contribution in [0.1, 0.15) is 31.9 Å². The number of aryl methyl sites for hydroxylation is 1. The second-order valence-electron chi connectivity index (χ2n) is 3.82. The molecular formula is C11H20N4OS. The Kier molecular flexibility index (Phi) is 6.73. The summed E-state index contributed by atoms with van der Waals surface area (Å²) in [7, 11) is 0. The molecule has 0 aliphatic rings. The first-order chi connectivity index (χ1) is 8.24. The lowest BCUT2D eigenvalue weighted by Gasteiger charge is -2.07. The number of H-pyrrole nitrogens is 1.